The van der Waals surface area contributed by atoms with Crippen LogP contribution in [0.5, 0.6) is 0 Å². The Kier molecular flexibility index (Phi) is 5.45. The van der Waals surface area contributed by atoms with E-state index in [1.54, 1.807) is 19.4 Å². The molecule has 2 aromatic carbocycles. The minimum atomic E-state index is -0.387. The summed E-state index contributed by atoms with van der Waals surface area (Å²) < 4.78 is 11.0. The van der Waals surface area contributed by atoms with E-state index in [9.17, 15) is 4.79 Å². The molecule has 4 rings (SSSR count). The summed E-state index contributed by atoms with van der Waals surface area (Å²) in [5.74, 6) is 0.537. The first-order chi connectivity index (χ1) is 14.2. The predicted octanol–water partition coefficient (Wildman–Crippen LogP) is 5.16. The maximum Gasteiger partial charge on any atom is 0.244 e. The lowest BCUT2D eigenvalue weighted by Crippen LogP contribution is -2.31. The minimum absolute atomic E-state index is 0.176. The number of benzene rings is 2. The molecule has 0 fully saturated rings. The third kappa shape index (κ3) is 4.73. The Morgan fingerprint density at radius 2 is 1.76 bits per heavy atom. The van der Waals surface area contributed by atoms with Gasteiger partial charge in [-0.3, -0.25) is 4.79 Å². The fraction of sp³-hybridized carbons (Fsp3) is 0.160. The van der Waals surface area contributed by atoms with Gasteiger partial charge in [0.1, 0.15) is 11.4 Å². The van der Waals surface area contributed by atoms with Gasteiger partial charge in [0.15, 0.2) is 0 Å². The van der Waals surface area contributed by atoms with Crippen molar-refractivity contribution < 1.29 is 13.9 Å². The van der Waals surface area contributed by atoms with Crippen molar-refractivity contribution in [1.82, 2.24) is 5.32 Å². The van der Waals surface area contributed by atoms with Gasteiger partial charge in [0.25, 0.3) is 0 Å². The minimum Gasteiger partial charge on any atom is -0.467 e. The SMILES string of the molecule is COC1(CC(NC(=O)/C=C/c2ccc(-c3ccccc3)cc2)c2ccco2)C=C1. The van der Waals surface area contributed by atoms with Crippen LogP contribution in [0.4, 0.5) is 0 Å². The number of hydrogen-bond donors (Lipinski definition) is 1. The van der Waals surface area contributed by atoms with Crippen LogP contribution in [0.25, 0.3) is 17.2 Å². The first-order valence-corrected chi connectivity index (χ1v) is 9.60. The smallest absolute Gasteiger partial charge is 0.244 e. The molecule has 3 aromatic rings. The zero-order valence-corrected chi connectivity index (χ0v) is 16.2. The summed E-state index contributed by atoms with van der Waals surface area (Å²) in [6, 6.07) is 21.7. The normalized spacial score (nSPS) is 15.3. The van der Waals surface area contributed by atoms with E-state index < -0.39 is 0 Å². The quantitative estimate of drug-likeness (QED) is 0.430. The Morgan fingerprint density at radius 1 is 1.03 bits per heavy atom. The second-order valence-corrected chi connectivity index (χ2v) is 7.09. The maximum absolute atomic E-state index is 12.5. The Hall–Kier alpha value is -3.37. The van der Waals surface area contributed by atoms with Crippen molar-refractivity contribution in [3.63, 3.8) is 0 Å². The van der Waals surface area contributed by atoms with E-state index in [0.717, 1.165) is 11.1 Å². The van der Waals surface area contributed by atoms with Crippen LogP contribution in [0.1, 0.15) is 23.8 Å². The largest absolute Gasteiger partial charge is 0.467 e. The summed E-state index contributed by atoms with van der Waals surface area (Å²) in [4.78, 5) is 12.5. The Morgan fingerprint density at radius 3 is 2.38 bits per heavy atom. The van der Waals surface area contributed by atoms with Gasteiger partial charge >= 0.3 is 0 Å². The molecule has 29 heavy (non-hydrogen) atoms. The third-order valence-electron chi connectivity index (χ3n) is 5.09. The Balaban J connectivity index is 1.40. The number of amides is 1. The molecule has 1 aliphatic rings. The molecule has 1 atom stereocenters. The van der Waals surface area contributed by atoms with Gasteiger partial charge in [0, 0.05) is 19.6 Å². The molecular weight excluding hydrogens is 362 g/mol. The lowest BCUT2D eigenvalue weighted by atomic mass is 10.0. The standard InChI is InChI=1S/C25H23NO3/c1-28-25(15-16-25)18-22(23-8-5-17-29-23)26-24(27)14-11-19-9-12-21(13-10-19)20-6-3-2-4-7-20/h2-17,22H,18H2,1H3,(H,26,27)/b14-11+. The van der Waals surface area contributed by atoms with E-state index in [1.165, 1.54) is 5.56 Å². The van der Waals surface area contributed by atoms with Gasteiger partial charge in [-0.15, -0.1) is 0 Å². The zero-order valence-electron chi connectivity index (χ0n) is 16.2. The molecule has 146 valence electrons. The molecule has 1 heterocycles. The number of nitrogens with one attached hydrogen (secondary N) is 1. The molecule has 0 radical (unpaired) electrons. The van der Waals surface area contributed by atoms with Crippen molar-refractivity contribution in [1.29, 1.82) is 0 Å². The lowest BCUT2D eigenvalue weighted by molar-refractivity contribution is -0.117. The third-order valence-corrected chi connectivity index (χ3v) is 5.09. The van der Waals surface area contributed by atoms with Gasteiger partial charge in [-0.2, -0.15) is 0 Å². The molecule has 1 amide bonds. The Bertz CT molecular complexity index is 996. The molecular formula is C25H23NO3. The van der Waals surface area contributed by atoms with E-state index in [-0.39, 0.29) is 17.6 Å². The average Bonchev–Trinajstić information content (AvgIpc) is 3.32. The number of methoxy groups -OCH3 is 1. The van der Waals surface area contributed by atoms with Crippen LogP contribution in [0.2, 0.25) is 0 Å². The van der Waals surface area contributed by atoms with Gasteiger partial charge in [-0.05, 0) is 47.1 Å². The fourth-order valence-corrected chi connectivity index (χ4v) is 3.29. The van der Waals surface area contributed by atoms with Crippen molar-refractivity contribution in [2.75, 3.05) is 7.11 Å². The van der Waals surface area contributed by atoms with E-state index in [0.29, 0.717) is 12.2 Å². The van der Waals surface area contributed by atoms with Gasteiger partial charge in [-0.25, -0.2) is 0 Å². The van der Waals surface area contributed by atoms with Crippen molar-refractivity contribution in [2.24, 2.45) is 0 Å². The average molecular weight is 385 g/mol. The van der Waals surface area contributed by atoms with Crippen LogP contribution in [-0.2, 0) is 9.53 Å². The first-order valence-electron chi connectivity index (χ1n) is 9.60. The summed E-state index contributed by atoms with van der Waals surface area (Å²) in [6.07, 6.45) is 9.54. The zero-order chi connectivity index (χ0) is 20.1. The molecule has 1 unspecified atom stereocenters. The molecule has 0 aliphatic heterocycles. The van der Waals surface area contributed by atoms with Gasteiger partial charge in [0.05, 0.1) is 12.3 Å². The summed E-state index contributed by atoms with van der Waals surface area (Å²) in [5.41, 5.74) is 2.89. The fourth-order valence-electron chi connectivity index (χ4n) is 3.29. The highest BCUT2D eigenvalue weighted by atomic mass is 16.5. The molecule has 1 aromatic heterocycles. The molecule has 0 bridgehead atoms. The highest BCUT2D eigenvalue weighted by Crippen LogP contribution is 2.37. The molecule has 0 spiro atoms. The van der Waals surface area contributed by atoms with Crippen LogP contribution in [0.15, 0.2) is 95.6 Å². The number of ether oxygens (including phenoxy) is 1. The number of hydrogen-bond acceptors (Lipinski definition) is 3. The second-order valence-electron chi connectivity index (χ2n) is 7.09. The number of carbonyl (C=O) groups excluding carboxylic acids is 1. The van der Waals surface area contributed by atoms with E-state index >= 15 is 0 Å². The van der Waals surface area contributed by atoms with E-state index in [2.05, 4.69) is 29.6 Å². The lowest BCUT2D eigenvalue weighted by Gasteiger charge is -2.21. The maximum atomic E-state index is 12.5. The molecule has 4 heteroatoms. The van der Waals surface area contributed by atoms with Crippen LogP contribution >= 0.6 is 0 Å². The monoisotopic (exact) mass is 385 g/mol. The van der Waals surface area contributed by atoms with Crippen molar-refractivity contribution in [2.45, 2.75) is 18.1 Å². The Labute approximate surface area is 170 Å². The predicted molar refractivity (Wildman–Crippen MR) is 114 cm³/mol. The van der Waals surface area contributed by atoms with E-state index in [1.807, 2.05) is 60.7 Å². The summed E-state index contributed by atoms with van der Waals surface area (Å²) in [7, 11) is 1.67. The molecule has 1 N–H and O–H groups in total. The van der Waals surface area contributed by atoms with Crippen LogP contribution < -0.4 is 5.32 Å². The summed E-state index contributed by atoms with van der Waals surface area (Å²) >= 11 is 0. The van der Waals surface area contributed by atoms with Crippen LogP contribution in [0, 0.1) is 0 Å². The summed E-state index contributed by atoms with van der Waals surface area (Å²) in [6.45, 7) is 0. The molecule has 0 saturated carbocycles. The van der Waals surface area contributed by atoms with E-state index in [4.69, 9.17) is 9.15 Å². The number of carbonyl (C=O) groups is 1. The summed E-state index contributed by atoms with van der Waals surface area (Å²) in [5, 5.41) is 3.02. The van der Waals surface area contributed by atoms with Gasteiger partial charge in [-0.1, -0.05) is 54.6 Å². The van der Waals surface area contributed by atoms with Gasteiger partial charge < -0.3 is 14.5 Å². The topological polar surface area (TPSA) is 51.5 Å². The highest BCUT2D eigenvalue weighted by Gasteiger charge is 2.38. The first kappa shape index (κ1) is 19.0. The molecule has 4 nitrogen and oxygen atoms in total. The highest BCUT2D eigenvalue weighted by molar-refractivity contribution is 5.92. The van der Waals surface area contributed by atoms with Crippen molar-refractivity contribution in [3.05, 3.63) is 103 Å². The van der Waals surface area contributed by atoms with Gasteiger partial charge in [0.2, 0.25) is 5.91 Å². The van der Waals surface area contributed by atoms with Crippen molar-refractivity contribution in [3.8, 4) is 11.1 Å². The van der Waals surface area contributed by atoms with Crippen molar-refractivity contribution >= 4 is 12.0 Å². The number of rotatable bonds is 8. The molecule has 1 aliphatic carbocycles. The van der Waals surface area contributed by atoms with Crippen LogP contribution in [-0.4, -0.2) is 18.6 Å². The molecule has 0 saturated heterocycles. The number of furan rings is 1. The second kappa shape index (κ2) is 8.33. The van der Waals surface area contributed by atoms with Crippen LogP contribution in [0.3, 0.4) is 0 Å².